The second-order valence-corrected chi connectivity index (χ2v) is 17.1. The van der Waals surface area contributed by atoms with Crippen molar-refractivity contribution in [2.24, 2.45) is 0 Å². The van der Waals surface area contributed by atoms with Gasteiger partial charge in [-0.15, -0.1) is 11.3 Å². The first-order valence-corrected chi connectivity index (χ1v) is 21.6. The van der Waals surface area contributed by atoms with Crippen molar-refractivity contribution in [1.82, 2.24) is 4.57 Å². The van der Waals surface area contributed by atoms with Gasteiger partial charge in [-0.1, -0.05) is 127 Å². The van der Waals surface area contributed by atoms with Crippen molar-refractivity contribution in [3.05, 3.63) is 212 Å². The average Bonchev–Trinajstić information content (AvgIpc) is 3.85. The van der Waals surface area contributed by atoms with E-state index in [0.29, 0.717) is 0 Å². The normalized spacial score (nSPS) is 12.3. The van der Waals surface area contributed by atoms with Crippen molar-refractivity contribution in [2.75, 3.05) is 9.80 Å². The minimum Gasteiger partial charge on any atom is -0.310 e. The predicted octanol–water partition coefficient (Wildman–Crippen LogP) is 16.2. The number of anilines is 6. The van der Waals surface area contributed by atoms with Gasteiger partial charge in [0.05, 0.1) is 22.4 Å². The van der Waals surface area contributed by atoms with E-state index in [-0.39, 0.29) is 0 Å². The number of benzene rings is 9. The fourth-order valence-corrected chi connectivity index (χ4v) is 11.2. The van der Waals surface area contributed by atoms with E-state index < -0.39 is 0 Å². The molecule has 278 valence electrons. The van der Waals surface area contributed by atoms with Crippen molar-refractivity contribution in [2.45, 2.75) is 9.79 Å². The summed E-state index contributed by atoms with van der Waals surface area (Å²) in [5.74, 6) is 0. The number of thiophene rings is 1. The number of para-hydroxylation sites is 4. The van der Waals surface area contributed by atoms with Gasteiger partial charge in [-0.25, -0.2) is 0 Å². The molecule has 0 spiro atoms. The maximum absolute atomic E-state index is 2.42. The van der Waals surface area contributed by atoms with Crippen molar-refractivity contribution < 1.29 is 0 Å². The topological polar surface area (TPSA) is 11.4 Å². The van der Waals surface area contributed by atoms with E-state index in [1.807, 2.05) is 23.1 Å². The Kier molecular flexibility index (Phi) is 7.96. The van der Waals surface area contributed by atoms with E-state index in [4.69, 9.17) is 0 Å². The fourth-order valence-electron chi connectivity index (χ4n) is 8.91. The summed E-state index contributed by atoms with van der Waals surface area (Å²) in [5, 5.41) is 5.09. The molecule has 12 rings (SSSR count). The minimum absolute atomic E-state index is 1.10. The molecule has 9 aromatic carbocycles. The van der Waals surface area contributed by atoms with Crippen LogP contribution in [0.2, 0.25) is 0 Å². The smallest absolute Gasteiger partial charge is 0.0603 e. The summed E-state index contributed by atoms with van der Waals surface area (Å²) < 4.78 is 5.03. The van der Waals surface area contributed by atoms with Crippen LogP contribution < -0.4 is 9.80 Å². The lowest BCUT2D eigenvalue weighted by Crippen LogP contribution is -2.16. The highest BCUT2D eigenvalue weighted by molar-refractivity contribution is 7.99. The monoisotopic (exact) mass is 789 g/mol. The summed E-state index contributed by atoms with van der Waals surface area (Å²) in [6.45, 7) is 0. The zero-order valence-electron chi connectivity index (χ0n) is 31.9. The molecule has 0 aliphatic carbocycles. The number of hydrogen-bond donors (Lipinski definition) is 0. The quantitative estimate of drug-likeness (QED) is 0.166. The molecular weight excluding hydrogens is 755 g/mol. The molecule has 1 aliphatic rings. The predicted molar refractivity (Wildman–Crippen MR) is 253 cm³/mol. The van der Waals surface area contributed by atoms with Gasteiger partial charge in [0.2, 0.25) is 0 Å². The van der Waals surface area contributed by atoms with Gasteiger partial charge in [0.1, 0.15) is 0 Å². The summed E-state index contributed by atoms with van der Waals surface area (Å²) in [6, 6.07) is 77.4. The summed E-state index contributed by atoms with van der Waals surface area (Å²) in [6.07, 6.45) is 0. The number of hydrogen-bond acceptors (Lipinski definition) is 4. The molecule has 59 heavy (non-hydrogen) atoms. The Morgan fingerprint density at radius 3 is 1.86 bits per heavy atom. The van der Waals surface area contributed by atoms with Crippen molar-refractivity contribution in [3.8, 4) is 16.8 Å². The van der Waals surface area contributed by atoms with Gasteiger partial charge in [-0.3, -0.25) is 0 Å². The molecule has 3 nitrogen and oxygen atoms in total. The third-order valence-corrected chi connectivity index (χ3v) is 13.9. The van der Waals surface area contributed by atoms with E-state index in [1.165, 1.54) is 74.3 Å². The molecule has 3 heterocycles. The summed E-state index contributed by atoms with van der Waals surface area (Å²) in [4.78, 5) is 7.27. The molecule has 0 bridgehead atoms. The van der Waals surface area contributed by atoms with Crippen LogP contribution >= 0.6 is 23.1 Å². The van der Waals surface area contributed by atoms with Crippen molar-refractivity contribution in [1.29, 1.82) is 0 Å². The summed E-state index contributed by atoms with van der Waals surface area (Å²) >= 11 is 3.72. The first-order valence-electron chi connectivity index (χ1n) is 19.9. The molecule has 11 aromatic rings. The van der Waals surface area contributed by atoms with Crippen LogP contribution in [0.4, 0.5) is 34.1 Å². The molecule has 1 aliphatic heterocycles. The minimum atomic E-state index is 1.10. The number of nitrogens with zero attached hydrogens (tertiary/aromatic N) is 3. The van der Waals surface area contributed by atoms with Gasteiger partial charge >= 0.3 is 0 Å². The van der Waals surface area contributed by atoms with Crippen molar-refractivity contribution in [3.63, 3.8) is 0 Å². The van der Waals surface area contributed by atoms with Gasteiger partial charge in [-0.2, -0.15) is 0 Å². The first-order chi connectivity index (χ1) is 29.3. The van der Waals surface area contributed by atoms with Gasteiger partial charge < -0.3 is 14.4 Å². The standard InChI is InChI=1S/C54H35N3S2/c1-3-14-37(15-4-1)56-47-22-9-7-18-43(47)46-34-40(30-32-48(46)56)55(39-28-26-36(27-29-39)42-20-13-21-45-44-19-8-11-24-51(44)59-54(42)45)41-31-33-50-53(35-41)58-52-25-12-10-23-49(52)57(50)38-16-5-2-6-17-38/h1-35H. The van der Waals surface area contributed by atoms with Crippen LogP contribution in [0.1, 0.15) is 0 Å². The van der Waals surface area contributed by atoms with E-state index >= 15 is 0 Å². The summed E-state index contributed by atoms with van der Waals surface area (Å²) in [7, 11) is 0. The second-order valence-electron chi connectivity index (χ2n) is 14.9. The molecule has 2 aromatic heterocycles. The lowest BCUT2D eigenvalue weighted by molar-refractivity contribution is 1.16. The second kappa shape index (κ2) is 13.8. The van der Waals surface area contributed by atoms with Gasteiger partial charge in [0.15, 0.2) is 0 Å². The van der Waals surface area contributed by atoms with Gasteiger partial charge in [0, 0.05) is 69.2 Å². The molecule has 0 saturated carbocycles. The summed E-state index contributed by atoms with van der Waals surface area (Å²) in [5.41, 5.74) is 12.9. The third-order valence-electron chi connectivity index (χ3n) is 11.6. The molecule has 0 saturated heterocycles. The van der Waals surface area contributed by atoms with Crippen LogP contribution in [-0.2, 0) is 0 Å². The Morgan fingerprint density at radius 2 is 1.02 bits per heavy atom. The highest BCUT2D eigenvalue weighted by atomic mass is 32.2. The van der Waals surface area contributed by atoms with Crippen LogP contribution in [-0.4, -0.2) is 4.57 Å². The third kappa shape index (κ3) is 5.58. The molecular formula is C54H35N3S2. The molecule has 0 unspecified atom stereocenters. The van der Waals surface area contributed by atoms with E-state index in [1.54, 1.807) is 0 Å². The highest BCUT2D eigenvalue weighted by Gasteiger charge is 2.26. The SMILES string of the molecule is c1ccc(N2c3ccccc3Sc3cc(N(c4ccc(-c5cccc6c5sc5ccccc56)cc4)c4ccc5c(c4)c4ccccc4n5-c4ccccc4)ccc32)cc1. The van der Waals surface area contributed by atoms with Crippen LogP contribution in [0.3, 0.4) is 0 Å². The van der Waals surface area contributed by atoms with Gasteiger partial charge in [-0.05, 0) is 108 Å². The van der Waals surface area contributed by atoms with Crippen LogP contribution in [0, 0.1) is 0 Å². The van der Waals surface area contributed by atoms with Crippen molar-refractivity contribution >= 4 is 99.2 Å². The van der Waals surface area contributed by atoms with E-state index in [2.05, 4.69) is 227 Å². The Balaban J connectivity index is 1.04. The Morgan fingerprint density at radius 1 is 0.390 bits per heavy atom. The largest absolute Gasteiger partial charge is 0.310 e. The van der Waals surface area contributed by atoms with Crippen LogP contribution in [0.25, 0.3) is 58.8 Å². The van der Waals surface area contributed by atoms with Gasteiger partial charge in [0.25, 0.3) is 0 Å². The Labute approximate surface area is 350 Å². The Bertz CT molecular complexity index is 3370. The molecule has 5 heteroatoms. The fraction of sp³-hybridized carbons (Fsp3) is 0. The maximum atomic E-state index is 2.42. The molecule has 0 amide bonds. The lowest BCUT2D eigenvalue weighted by atomic mass is 10.0. The first kappa shape index (κ1) is 34.0. The Hall–Kier alpha value is -7.05. The number of aromatic nitrogens is 1. The van der Waals surface area contributed by atoms with E-state index in [9.17, 15) is 0 Å². The zero-order chi connectivity index (χ0) is 38.9. The molecule has 0 radical (unpaired) electrons. The average molecular weight is 790 g/mol. The number of rotatable bonds is 6. The maximum Gasteiger partial charge on any atom is 0.0603 e. The number of fused-ring (bicyclic) bond motifs is 8. The molecule has 0 atom stereocenters. The van der Waals surface area contributed by atoms with E-state index in [0.717, 1.165) is 28.4 Å². The highest BCUT2D eigenvalue weighted by Crippen LogP contribution is 2.53. The van der Waals surface area contributed by atoms with Crippen LogP contribution in [0.5, 0.6) is 0 Å². The lowest BCUT2D eigenvalue weighted by Gasteiger charge is -2.34. The van der Waals surface area contributed by atoms with Crippen LogP contribution in [0.15, 0.2) is 222 Å². The molecule has 0 fully saturated rings. The molecule has 0 N–H and O–H groups in total. The zero-order valence-corrected chi connectivity index (χ0v) is 33.5.